The molecule has 0 spiro atoms. The molecule has 0 saturated carbocycles. The lowest BCUT2D eigenvalue weighted by atomic mass is 10.1. The highest BCUT2D eigenvalue weighted by Gasteiger charge is 2.37. The number of aryl methyl sites for hydroxylation is 2. The molecule has 0 heterocycles. The zero-order valence-electron chi connectivity index (χ0n) is 14.9. The lowest BCUT2D eigenvalue weighted by Gasteiger charge is -2.23. The number of anilines is 1. The van der Waals surface area contributed by atoms with E-state index in [0.717, 1.165) is 0 Å². The number of nitrogens with one attached hydrogen (secondary N) is 1. The first kappa shape index (κ1) is 23.3. The van der Waals surface area contributed by atoms with E-state index in [1.165, 1.54) is 6.92 Å². The van der Waals surface area contributed by atoms with Crippen molar-refractivity contribution in [1.29, 1.82) is 0 Å². The largest absolute Gasteiger partial charge is 0.411 e. The molecule has 0 aliphatic rings. The lowest BCUT2D eigenvalue weighted by Crippen LogP contribution is -2.45. The van der Waals surface area contributed by atoms with E-state index in [0.29, 0.717) is 16.8 Å². The van der Waals surface area contributed by atoms with E-state index < -0.39 is 40.9 Å². The maximum atomic E-state index is 12.3. The Bertz CT molecular complexity index is 734. The molecule has 0 bridgehead atoms. The quantitative estimate of drug-likeness (QED) is 0.362. The van der Waals surface area contributed by atoms with E-state index in [2.05, 4.69) is 14.9 Å². The zero-order valence-corrected chi connectivity index (χ0v) is 15.7. The van der Waals surface area contributed by atoms with Gasteiger partial charge in [0.15, 0.2) is 6.79 Å². The molecule has 0 aliphatic heterocycles. The summed E-state index contributed by atoms with van der Waals surface area (Å²) in [6.07, 6.45) is -4.61. The topological polar surface area (TPSA) is 105 Å². The minimum atomic E-state index is -4.72. The summed E-state index contributed by atoms with van der Waals surface area (Å²) in [7, 11) is -4.72. The van der Waals surface area contributed by atoms with Gasteiger partial charge in [0.1, 0.15) is 6.61 Å². The summed E-state index contributed by atoms with van der Waals surface area (Å²) in [4.78, 5) is 16.7. The molecule has 1 amide bonds. The number of alkyl halides is 3. The Balaban J connectivity index is 2.79. The van der Waals surface area contributed by atoms with Crippen LogP contribution in [0.4, 0.5) is 18.9 Å². The van der Waals surface area contributed by atoms with Gasteiger partial charge in [-0.2, -0.15) is 13.2 Å². The molecule has 1 atom stereocenters. The third-order valence-electron chi connectivity index (χ3n) is 3.32. The summed E-state index contributed by atoms with van der Waals surface area (Å²) < 4.78 is 64.9. The molecule has 0 aliphatic carbocycles. The Labute approximate surface area is 154 Å². The maximum absolute atomic E-state index is 12.3. The molecule has 2 N–H and O–H groups in total. The van der Waals surface area contributed by atoms with Crippen molar-refractivity contribution in [2.75, 3.05) is 25.3 Å². The van der Waals surface area contributed by atoms with Crippen molar-refractivity contribution in [3.8, 4) is 0 Å². The average molecular weight is 414 g/mol. The number of hydroxylamine groups is 1. The van der Waals surface area contributed by atoms with Crippen molar-refractivity contribution < 1.29 is 41.1 Å². The number of hydrogen-bond donors (Lipinski definition) is 2. The number of hydrogen-bond acceptors (Lipinski definition) is 6. The number of ether oxygens (including phenoxy) is 1. The fraction of sp³-hybridized carbons (Fsp3) is 0.533. The Kier molecular flexibility index (Phi) is 8.17. The second-order valence-electron chi connectivity index (χ2n) is 5.48. The smallest absolute Gasteiger partial charge is 0.368 e. The van der Waals surface area contributed by atoms with Crippen molar-refractivity contribution in [3.63, 3.8) is 0 Å². The highest BCUT2D eigenvalue weighted by atomic mass is 32.2. The molecule has 0 radical (unpaired) electrons. The van der Waals surface area contributed by atoms with E-state index in [4.69, 9.17) is 0 Å². The molecule has 12 heteroatoms. The van der Waals surface area contributed by atoms with Gasteiger partial charge in [-0.05, 0) is 31.9 Å². The molecule has 27 heavy (non-hydrogen) atoms. The SMILES string of the molecule is CCN(OCOCC(F)(F)F)S(=O)(=O)C(O)C(=O)Nc1c(C)cccc1C. The number of para-hydroxylation sites is 1. The van der Waals surface area contributed by atoms with Gasteiger partial charge in [-0.3, -0.25) is 9.63 Å². The molecular formula is C15H21F3N2O6S. The van der Waals surface area contributed by atoms with Crippen LogP contribution in [-0.2, 0) is 24.4 Å². The second-order valence-corrected chi connectivity index (χ2v) is 7.37. The number of halogens is 3. The number of amides is 1. The van der Waals surface area contributed by atoms with E-state index in [1.54, 1.807) is 32.0 Å². The van der Waals surface area contributed by atoms with Crippen LogP contribution in [-0.4, -0.2) is 55.5 Å². The average Bonchev–Trinajstić information content (AvgIpc) is 2.56. The van der Waals surface area contributed by atoms with E-state index >= 15 is 0 Å². The van der Waals surface area contributed by atoms with Gasteiger partial charge in [0.2, 0.25) is 0 Å². The van der Waals surface area contributed by atoms with Crippen LogP contribution in [0, 0.1) is 13.8 Å². The third kappa shape index (κ3) is 6.74. The standard InChI is InChI=1S/C15H21F3N2O6S/c1-4-20(26-9-25-8-15(16,17)18)27(23,24)14(22)13(21)19-12-10(2)6-5-7-11(12)3/h5-7,14,22H,4,8-9H2,1-3H3,(H,19,21). The fourth-order valence-corrected chi connectivity index (χ4v) is 3.14. The summed E-state index contributed by atoms with van der Waals surface area (Å²) >= 11 is 0. The minimum absolute atomic E-state index is 0.193. The number of aliphatic hydroxyl groups is 1. The van der Waals surface area contributed by atoms with Crippen LogP contribution in [0.2, 0.25) is 0 Å². The van der Waals surface area contributed by atoms with Crippen molar-refractivity contribution in [1.82, 2.24) is 4.47 Å². The molecule has 1 unspecified atom stereocenters. The van der Waals surface area contributed by atoms with Crippen molar-refractivity contribution in [2.24, 2.45) is 0 Å². The van der Waals surface area contributed by atoms with Crippen molar-refractivity contribution in [2.45, 2.75) is 32.4 Å². The number of benzene rings is 1. The summed E-state index contributed by atoms with van der Waals surface area (Å²) in [5.74, 6) is -1.23. The van der Waals surface area contributed by atoms with Gasteiger partial charge < -0.3 is 15.2 Å². The molecular weight excluding hydrogens is 393 g/mol. The van der Waals surface area contributed by atoms with E-state index in [-0.39, 0.29) is 11.0 Å². The highest BCUT2D eigenvalue weighted by Crippen LogP contribution is 2.21. The number of sulfonamides is 1. The van der Waals surface area contributed by atoms with Crippen LogP contribution in [0.15, 0.2) is 18.2 Å². The molecule has 154 valence electrons. The Morgan fingerprint density at radius 1 is 1.30 bits per heavy atom. The summed E-state index contributed by atoms with van der Waals surface area (Å²) in [6, 6.07) is 5.10. The van der Waals surface area contributed by atoms with Crippen LogP contribution in [0.5, 0.6) is 0 Å². The Morgan fingerprint density at radius 3 is 2.33 bits per heavy atom. The first-order valence-corrected chi connectivity index (χ1v) is 9.24. The van der Waals surface area contributed by atoms with Gasteiger partial charge >= 0.3 is 6.18 Å². The molecule has 0 saturated heterocycles. The molecule has 1 aromatic carbocycles. The zero-order chi connectivity index (χ0) is 20.8. The summed E-state index contributed by atoms with van der Waals surface area (Å²) in [6.45, 7) is 1.63. The lowest BCUT2D eigenvalue weighted by molar-refractivity contribution is -0.228. The van der Waals surface area contributed by atoms with Crippen LogP contribution >= 0.6 is 0 Å². The second kappa shape index (κ2) is 9.46. The predicted molar refractivity (Wildman–Crippen MR) is 89.8 cm³/mol. The number of rotatable bonds is 9. The summed E-state index contributed by atoms with van der Waals surface area (Å²) in [5, 5.41) is 12.3. The van der Waals surface area contributed by atoms with Crippen LogP contribution in [0.1, 0.15) is 18.1 Å². The molecule has 1 rings (SSSR count). The molecule has 1 aromatic rings. The molecule has 8 nitrogen and oxygen atoms in total. The van der Waals surface area contributed by atoms with Crippen molar-refractivity contribution >= 4 is 21.6 Å². The normalized spacial score (nSPS) is 13.6. The van der Waals surface area contributed by atoms with E-state index in [1.807, 2.05) is 0 Å². The van der Waals surface area contributed by atoms with Gasteiger partial charge in [-0.1, -0.05) is 22.7 Å². The Hall–Kier alpha value is -1.73. The van der Waals surface area contributed by atoms with Gasteiger partial charge in [0.25, 0.3) is 21.4 Å². The van der Waals surface area contributed by atoms with E-state index in [9.17, 15) is 31.5 Å². The van der Waals surface area contributed by atoms with Gasteiger partial charge in [0, 0.05) is 12.2 Å². The van der Waals surface area contributed by atoms with Crippen molar-refractivity contribution in [3.05, 3.63) is 29.3 Å². The summed E-state index contributed by atoms with van der Waals surface area (Å²) in [5.41, 5.74) is -0.887. The number of carbonyl (C=O) groups is 1. The molecule has 0 fully saturated rings. The molecule has 0 aromatic heterocycles. The third-order valence-corrected chi connectivity index (χ3v) is 5.03. The number of nitrogens with zero attached hydrogens (tertiary/aromatic N) is 1. The van der Waals surface area contributed by atoms with Gasteiger partial charge in [0.05, 0.1) is 0 Å². The fourth-order valence-electron chi connectivity index (χ4n) is 2.04. The van der Waals surface area contributed by atoms with Gasteiger partial charge in [-0.15, -0.1) is 0 Å². The first-order valence-electron chi connectivity index (χ1n) is 7.74. The number of carbonyl (C=O) groups excluding carboxylic acids is 1. The maximum Gasteiger partial charge on any atom is 0.411 e. The Morgan fingerprint density at radius 2 is 1.85 bits per heavy atom. The monoisotopic (exact) mass is 414 g/mol. The van der Waals surface area contributed by atoms with Crippen LogP contribution in [0.25, 0.3) is 0 Å². The minimum Gasteiger partial charge on any atom is -0.368 e. The van der Waals surface area contributed by atoms with Crippen LogP contribution in [0.3, 0.4) is 0 Å². The first-order chi connectivity index (χ1) is 12.4. The van der Waals surface area contributed by atoms with Gasteiger partial charge in [-0.25, -0.2) is 8.42 Å². The predicted octanol–water partition coefficient (Wildman–Crippen LogP) is 1.68. The number of aliphatic hydroxyl groups excluding tert-OH is 1. The highest BCUT2D eigenvalue weighted by molar-refractivity contribution is 7.90. The van der Waals surface area contributed by atoms with Crippen LogP contribution < -0.4 is 5.32 Å².